The van der Waals surface area contributed by atoms with Gasteiger partial charge in [-0.1, -0.05) is 45.9 Å². The summed E-state index contributed by atoms with van der Waals surface area (Å²) in [7, 11) is 4.38. The molecule has 9 heteroatoms. The third-order valence-electron chi connectivity index (χ3n) is 3.11. The molecule has 0 heterocycles. The lowest BCUT2D eigenvalue weighted by Crippen LogP contribution is -2.04. The van der Waals surface area contributed by atoms with Crippen LogP contribution in [0.5, 0.6) is 0 Å². The predicted octanol–water partition coefficient (Wildman–Crippen LogP) is 7.45. The van der Waals surface area contributed by atoms with E-state index in [1.54, 1.807) is 0 Å². The molecule has 0 fully saturated rings. The fourth-order valence-corrected chi connectivity index (χ4v) is 5.41. The normalized spacial score (nSPS) is 12.4. The van der Waals surface area contributed by atoms with Crippen molar-refractivity contribution in [2.75, 3.05) is 0 Å². The Morgan fingerprint density at radius 3 is 1.16 bits per heavy atom. The average Bonchev–Trinajstić information content (AvgIpc) is 2.54. The molecule has 0 aromatic heterocycles. The van der Waals surface area contributed by atoms with Crippen LogP contribution < -0.4 is 0 Å². The zero-order valence-corrected chi connectivity index (χ0v) is 15.0. The Kier molecular flexibility index (Phi) is 7.04. The van der Waals surface area contributed by atoms with Crippen LogP contribution in [0.4, 0.5) is 26.3 Å². The standard InChI is InChI=1S/C16H12F6S3/c17-15(18,19)13-5-1-11(2-6-13)9-23-25-24-10-12-3-7-14(8-4-12)16(20,21)22/h1-8H,9-10H2. The monoisotopic (exact) mass is 414 g/mol. The average molecular weight is 414 g/mol. The summed E-state index contributed by atoms with van der Waals surface area (Å²) < 4.78 is 74.7. The maximum atomic E-state index is 12.4. The Morgan fingerprint density at radius 2 is 0.880 bits per heavy atom. The molecule has 0 unspecified atom stereocenters. The van der Waals surface area contributed by atoms with Gasteiger partial charge in [-0.2, -0.15) is 26.3 Å². The molecule has 0 nitrogen and oxygen atoms in total. The van der Waals surface area contributed by atoms with Gasteiger partial charge in [0, 0.05) is 11.5 Å². The number of benzene rings is 2. The van der Waals surface area contributed by atoms with Crippen LogP contribution in [-0.2, 0) is 23.9 Å². The highest BCUT2D eigenvalue weighted by molar-refractivity contribution is 9.09. The molecule has 0 amide bonds. The van der Waals surface area contributed by atoms with Gasteiger partial charge >= 0.3 is 12.4 Å². The Morgan fingerprint density at radius 1 is 0.560 bits per heavy atom. The summed E-state index contributed by atoms with van der Waals surface area (Å²) in [4.78, 5) is 0. The van der Waals surface area contributed by atoms with Gasteiger partial charge in [0.1, 0.15) is 0 Å². The molecule has 2 aromatic rings. The maximum Gasteiger partial charge on any atom is 0.416 e. The van der Waals surface area contributed by atoms with Crippen molar-refractivity contribution < 1.29 is 26.3 Å². The third kappa shape index (κ3) is 6.71. The van der Waals surface area contributed by atoms with Crippen molar-refractivity contribution in [1.82, 2.24) is 0 Å². The lowest BCUT2D eigenvalue weighted by Gasteiger charge is -2.08. The molecule has 0 saturated heterocycles. The first-order valence-electron chi connectivity index (χ1n) is 6.89. The first-order valence-corrected chi connectivity index (χ1v) is 10.7. The molecule has 0 radical (unpaired) electrons. The fourth-order valence-electron chi connectivity index (χ4n) is 1.80. The summed E-state index contributed by atoms with van der Waals surface area (Å²) in [6.07, 6.45) is -8.67. The van der Waals surface area contributed by atoms with Gasteiger partial charge in [-0.05, 0) is 45.2 Å². The molecule has 0 N–H and O–H groups in total. The Labute approximate surface area is 152 Å². The summed E-state index contributed by atoms with van der Waals surface area (Å²) in [5.74, 6) is 1.09. The van der Waals surface area contributed by atoms with Crippen LogP contribution in [0.2, 0.25) is 0 Å². The van der Waals surface area contributed by atoms with Crippen molar-refractivity contribution >= 4 is 31.4 Å². The summed E-state index contributed by atoms with van der Waals surface area (Å²) in [6.45, 7) is 0. The van der Waals surface area contributed by atoms with E-state index in [4.69, 9.17) is 0 Å². The Bertz CT molecular complexity index is 603. The topological polar surface area (TPSA) is 0 Å². The second-order valence-electron chi connectivity index (χ2n) is 4.98. The van der Waals surface area contributed by atoms with E-state index in [0.717, 1.165) is 35.4 Å². The number of alkyl halides is 6. The summed E-state index contributed by atoms with van der Waals surface area (Å²) >= 11 is 0. The van der Waals surface area contributed by atoms with E-state index in [2.05, 4.69) is 0 Å². The van der Waals surface area contributed by atoms with Gasteiger partial charge in [-0.25, -0.2) is 0 Å². The quantitative estimate of drug-likeness (QED) is 0.274. The van der Waals surface area contributed by atoms with Crippen LogP contribution in [0.1, 0.15) is 22.3 Å². The van der Waals surface area contributed by atoms with Crippen LogP contribution in [0, 0.1) is 0 Å². The van der Waals surface area contributed by atoms with Crippen molar-refractivity contribution in [3.8, 4) is 0 Å². The van der Waals surface area contributed by atoms with Crippen molar-refractivity contribution in [3.05, 3.63) is 70.8 Å². The Balaban J connectivity index is 1.71. The van der Waals surface area contributed by atoms with Gasteiger partial charge in [0.25, 0.3) is 0 Å². The highest BCUT2D eigenvalue weighted by Gasteiger charge is 2.30. The molecule has 0 saturated carbocycles. The van der Waals surface area contributed by atoms with E-state index < -0.39 is 23.5 Å². The fraction of sp³-hybridized carbons (Fsp3) is 0.250. The summed E-state index contributed by atoms with van der Waals surface area (Å²) in [5, 5.41) is 0. The summed E-state index contributed by atoms with van der Waals surface area (Å²) in [5.41, 5.74) is 0.206. The number of hydrogen-bond donors (Lipinski definition) is 0. The highest BCUT2D eigenvalue weighted by atomic mass is 33.5. The molecular weight excluding hydrogens is 402 g/mol. The van der Waals surface area contributed by atoms with Gasteiger partial charge in [0.05, 0.1) is 11.1 Å². The summed E-state index contributed by atoms with van der Waals surface area (Å²) in [6, 6.07) is 9.97. The molecule has 0 spiro atoms. The smallest absolute Gasteiger partial charge is 0.166 e. The molecule has 0 aliphatic rings. The minimum Gasteiger partial charge on any atom is -0.166 e. The second kappa shape index (κ2) is 8.64. The molecule has 2 aromatic carbocycles. The van der Waals surface area contributed by atoms with Gasteiger partial charge in [0.15, 0.2) is 0 Å². The van der Waals surface area contributed by atoms with Crippen molar-refractivity contribution in [2.24, 2.45) is 0 Å². The van der Waals surface area contributed by atoms with Crippen molar-refractivity contribution in [2.45, 2.75) is 23.9 Å². The predicted molar refractivity (Wildman–Crippen MR) is 93.1 cm³/mol. The zero-order chi connectivity index (χ0) is 18.5. The van der Waals surface area contributed by atoms with E-state index in [1.165, 1.54) is 55.7 Å². The van der Waals surface area contributed by atoms with Gasteiger partial charge < -0.3 is 0 Å². The lowest BCUT2D eigenvalue weighted by atomic mass is 10.1. The third-order valence-corrected chi connectivity index (χ3v) is 7.22. The SMILES string of the molecule is FC(F)(F)c1ccc(CSSSCc2ccc(C(F)(F)F)cc2)cc1. The lowest BCUT2D eigenvalue weighted by molar-refractivity contribution is -0.138. The minimum atomic E-state index is -4.34. The molecule has 136 valence electrons. The van der Waals surface area contributed by atoms with E-state index in [0.29, 0.717) is 11.5 Å². The molecule has 0 atom stereocenters. The van der Waals surface area contributed by atoms with E-state index in [1.807, 2.05) is 0 Å². The minimum absolute atomic E-state index is 0.544. The first-order chi connectivity index (χ1) is 11.7. The van der Waals surface area contributed by atoms with Gasteiger partial charge in [0.2, 0.25) is 0 Å². The molecule has 25 heavy (non-hydrogen) atoms. The first kappa shape index (κ1) is 20.4. The van der Waals surface area contributed by atoms with Gasteiger partial charge in [-0.15, -0.1) is 0 Å². The van der Waals surface area contributed by atoms with Crippen LogP contribution in [0.15, 0.2) is 48.5 Å². The number of rotatable bonds is 6. The molecule has 0 aliphatic heterocycles. The van der Waals surface area contributed by atoms with E-state index in [9.17, 15) is 26.3 Å². The van der Waals surface area contributed by atoms with Gasteiger partial charge in [-0.3, -0.25) is 0 Å². The van der Waals surface area contributed by atoms with E-state index in [-0.39, 0.29) is 0 Å². The second-order valence-corrected chi connectivity index (χ2v) is 9.21. The molecular formula is C16H12F6S3. The molecule has 2 rings (SSSR count). The van der Waals surface area contributed by atoms with Crippen LogP contribution in [-0.4, -0.2) is 0 Å². The zero-order valence-electron chi connectivity index (χ0n) is 12.5. The van der Waals surface area contributed by atoms with Crippen LogP contribution in [0.3, 0.4) is 0 Å². The van der Waals surface area contributed by atoms with Crippen molar-refractivity contribution in [1.29, 1.82) is 0 Å². The van der Waals surface area contributed by atoms with E-state index >= 15 is 0 Å². The number of halogens is 6. The molecule has 0 aliphatic carbocycles. The van der Waals surface area contributed by atoms with Crippen molar-refractivity contribution in [3.63, 3.8) is 0 Å². The van der Waals surface area contributed by atoms with Crippen LogP contribution in [0.25, 0.3) is 0 Å². The largest absolute Gasteiger partial charge is 0.416 e. The molecule has 0 bridgehead atoms. The van der Waals surface area contributed by atoms with Crippen LogP contribution >= 0.6 is 31.4 Å². The number of hydrogen-bond acceptors (Lipinski definition) is 3. The highest BCUT2D eigenvalue weighted by Crippen LogP contribution is 2.39. The Hall–Kier alpha value is -0.930. The maximum absolute atomic E-state index is 12.4.